The minimum Gasteiger partial charge on any atom is -0.427 e. The Morgan fingerprint density at radius 2 is 1.84 bits per heavy atom. The van der Waals surface area contributed by atoms with Crippen LogP contribution in [-0.2, 0) is 17.6 Å². The quantitative estimate of drug-likeness (QED) is 0.522. The second-order valence-electron chi connectivity index (χ2n) is 4.37. The predicted molar refractivity (Wildman–Crippen MR) is 78.9 cm³/mol. The van der Waals surface area contributed by atoms with E-state index in [2.05, 4.69) is 24.8 Å². The zero-order valence-corrected chi connectivity index (χ0v) is 11.7. The molecule has 0 bridgehead atoms. The molecule has 0 heterocycles. The van der Waals surface area contributed by atoms with Crippen LogP contribution in [0.3, 0.4) is 0 Å². The third-order valence-electron chi connectivity index (χ3n) is 2.84. The van der Waals surface area contributed by atoms with Gasteiger partial charge in [0.2, 0.25) is 0 Å². The summed E-state index contributed by atoms with van der Waals surface area (Å²) >= 11 is 4.44. The first-order chi connectivity index (χ1) is 9.15. The van der Waals surface area contributed by atoms with E-state index in [1.807, 2.05) is 30.3 Å². The number of ether oxygens (including phenoxy) is 1. The average molecular weight is 272 g/mol. The highest BCUT2D eigenvalue weighted by atomic mass is 32.1. The Balaban J connectivity index is 2.08. The molecular weight excluding hydrogens is 256 g/mol. The molecule has 0 fully saturated rings. The summed E-state index contributed by atoms with van der Waals surface area (Å²) in [6.45, 7) is 1.40. The fraction of sp³-hybridized carbons (Fsp3) is 0.188. The van der Waals surface area contributed by atoms with Crippen molar-refractivity contribution in [1.29, 1.82) is 0 Å². The highest BCUT2D eigenvalue weighted by Crippen LogP contribution is 2.22. The molecule has 2 nitrogen and oxygen atoms in total. The molecular formula is C16H16O2S. The Hall–Kier alpha value is -1.74. The normalized spacial score (nSPS) is 10.2. The van der Waals surface area contributed by atoms with Crippen molar-refractivity contribution < 1.29 is 9.53 Å². The molecule has 0 radical (unpaired) electrons. The van der Waals surface area contributed by atoms with Crippen LogP contribution in [0.15, 0.2) is 53.4 Å². The lowest BCUT2D eigenvalue weighted by Gasteiger charge is -2.08. The maximum Gasteiger partial charge on any atom is 0.308 e. The molecule has 0 saturated carbocycles. The van der Waals surface area contributed by atoms with Crippen LogP contribution in [0.5, 0.6) is 5.75 Å². The Labute approximate surface area is 118 Å². The summed E-state index contributed by atoms with van der Waals surface area (Å²) in [5, 5.41) is 0. The molecule has 0 N–H and O–H groups in total. The Morgan fingerprint density at radius 1 is 1.11 bits per heavy atom. The van der Waals surface area contributed by atoms with Crippen molar-refractivity contribution in [2.45, 2.75) is 24.7 Å². The van der Waals surface area contributed by atoms with Crippen molar-refractivity contribution >= 4 is 18.6 Å². The number of hydrogen-bond donors (Lipinski definition) is 1. The van der Waals surface area contributed by atoms with E-state index in [0.717, 1.165) is 23.3 Å². The van der Waals surface area contributed by atoms with E-state index in [1.54, 1.807) is 6.07 Å². The van der Waals surface area contributed by atoms with Crippen LogP contribution in [0.4, 0.5) is 0 Å². The van der Waals surface area contributed by atoms with Gasteiger partial charge in [-0.3, -0.25) is 4.79 Å². The van der Waals surface area contributed by atoms with Gasteiger partial charge in [0, 0.05) is 11.8 Å². The fourth-order valence-electron chi connectivity index (χ4n) is 1.92. The maximum atomic E-state index is 10.9. The standard InChI is InChI=1S/C16H16O2S/c1-12(17)18-15-9-10-16(19)14(11-15)8-7-13-5-3-2-4-6-13/h2-6,9-11,19H,7-8H2,1H3. The van der Waals surface area contributed by atoms with Gasteiger partial charge >= 0.3 is 5.97 Å². The van der Waals surface area contributed by atoms with Crippen LogP contribution in [0, 0.1) is 0 Å². The number of hydrogen-bond acceptors (Lipinski definition) is 3. The van der Waals surface area contributed by atoms with Crippen LogP contribution < -0.4 is 4.74 Å². The van der Waals surface area contributed by atoms with Crippen LogP contribution in [-0.4, -0.2) is 5.97 Å². The number of benzene rings is 2. The van der Waals surface area contributed by atoms with Crippen LogP contribution in [0.25, 0.3) is 0 Å². The van der Waals surface area contributed by atoms with Crippen molar-refractivity contribution in [3.8, 4) is 5.75 Å². The second kappa shape index (κ2) is 6.43. The smallest absolute Gasteiger partial charge is 0.308 e. The number of carbonyl (C=O) groups is 1. The van der Waals surface area contributed by atoms with Gasteiger partial charge in [-0.15, -0.1) is 12.6 Å². The van der Waals surface area contributed by atoms with E-state index in [4.69, 9.17) is 4.74 Å². The van der Waals surface area contributed by atoms with Gasteiger partial charge in [-0.2, -0.15) is 0 Å². The summed E-state index contributed by atoms with van der Waals surface area (Å²) < 4.78 is 5.09. The van der Waals surface area contributed by atoms with Gasteiger partial charge in [-0.05, 0) is 42.2 Å². The number of rotatable bonds is 4. The summed E-state index contributed by atoms with van der Waals surface area (Å²) in [6.07, 6.45) is 1.82. The molecule has 2 aromatic rings. The Kier molecular flexibility index (Phi) is 4.63. The zero-order chi connectivity index (χ0) is 13.7. The summed E-state index contributed by atoms with van der Waals surface area (Å²) in [7, 11) is 0. The number of aryl methyl sites for hydroxylation is 2. The molecule has 0 atom stereocenters. The topological polar surface area (TPSA) is 26.3 Å². The molecule has 0 aromatic heterocycles. The van der Waals surface area contributed by atoms with E-state index in [0.29, 0.717) is 5.75 Å². The lowest BCUT2D eigenvalue weighted by atomic mass is 10.0. The Morgan fingerprint density at radius 3 is 2.53 bits per heavy atom. The highest BCUT2D eigenvalue weighted by molar-refractivity contribution is 7.80. The third kappa shape index (κ3) is 4.14. The van der Waals surface area contributed by atoms with E-state index in [-0.39, 0.29) is 5.97 Å². The molecule has 3 heteroatoms. The summed E-state index contributed by atoms with van der Waals surface area (Å²) in [6, 6.07) is 15.8. The first-order valence-corrected chi connectivity index (χ1v) is 6.64. The average Bonchev–Trinajstić information content (AvgIpc) is 2.40. The monoisotopic (exact) mass is 272 g/mol. The molecule has 2 rings (SSSR count). The molecule has 0 aliphatic carbocycles. The lowest BCUT2D eigenvalue weighted by Crippen LogP contribution is -2.02. The van der Waals surface area contributed by atoms with Crippen molar-refractivity contribution in [3.05, 3.63) is 59.7 Å². The molecule has 0 saturated heterocycles. The summed E-state index contributed by atoms with van der Waals surface area (Å²) in [5.41, 5.74) is 2.37. The van der Waals surface area contributed by atoms with Gasteiger partial charge in [-0.1, -0.05) is 30.3 Å². The molecule has 0 amide bonds. The lowest BCUT2D eigenvalue weighted by molar-refractivity contribution is -0.131. The van der Waals surface area contributed by atoms with Crippen LogP contribution in [0.1, 0.15) is 18.1 Å². The Bertz CT molecular complexity index is 564. The SMILES string of the molecule is CC(=O)Oc1ccc(S)c(CCc2ccccc2)c1. The molecule has 19 heavy (non-hydrogen) atoms. The minimum atomic E-state index is -0.305. The number of esters is 1. The van der Waals surface area contributed by atoms with E-state index >= 15 is 0 Å². The first kappa shape index (κ1) is 13.7. The molecule has 2 aromatic carbocycles. The second-order valence-corrected chi connectivity index (χ2v) is 4.85. The van der Waals surface area contributed by atoms with E-state index in [1.165, 1.54) is 12.5 Å². The van der Waals surface area contributed by atoms with Crippen LogP contribution >= 0.6 is 12.6 Å². The van der Waals surface area contributed by atoms with Gasteiger partial charge in [0.05, 0.1) is 0 Å². The third-order valence-corrected chi connectivity index (χ3v) is 3.27. The molecule has 0 spiro atoms. The predicted octanol–water partition coefficient (Wildman–Crippen LogP) is 3.69. The largest absolute Gasteiger partial charge is 0.427 e. The fourth-order valence-corrected chi connectivity index (χ4v) is 2.17. The molecule has 98 valence electrons. The number of carbonyl (C=O) groups excluding carboxylic acids is 1. The first-order valence-electron chi connectivity index (χ1n) is 6.19. The van der Waals surface area contributed by atoms with Crippen molar-refractivity contribution in [2.75, 3.05) is 0 Å². The summed E-state index contributed by atoms with van der Waals surface area (Å²) in [5.74, 6) is 0.272. The molecule has 0 aliphatic heterocycles. The highest BCUT2D eigenvalue weighted by Gasteiger charge is 2.04. The van der Waals surface area contributed by atoms with Gasteiger partial charge < -0.3 is 4.74 Å². The van der Waals surface area contributed by atoms with Gasteiger partial charge in [0.25, 0.3) is 0 Å². The molecule has 0 aliphatic rings. The van der Waals surface area contributed by atoms with Gasteiger partial charge in [-0.25, -0.2) is 0 Å². The van der Waals surface area contributed by atoms with E-state index < -0.39 is 0 Å². The maximum absolute atomic E-state index is 10.9. The van der Waals surface area contributed by atoms with Gasteiger partial charge in [0.1, 0.15) is 5.75 Å². The molecule has 0 unspecified atom stereocenters. The van der Waals surface area contributed by atoms with Crippen molar-refractivity contribution in [3.63, 3.8) is 0 Å². The van der Waals surface area contributed by atoms with E-state index in [9.17, 15) is 4.79 Å². The zero-order valence-electron chi connectivity index (χ0n) is 10.8. The van der Waals surface area contributed by atoms with Crippen LogP contribution in [0.2, 0.25) is 0 Å². The van der Waals surface area contributed by atoms with Crippen molar-refractivity contribution in [2.24, 2.45) is 0 Å². The van der Waals surface area contributed by atoms with Gasteiger partial charge in [0.15, 0.2) is 0 Å². The summed E-state index contributed by atoms with van der Waals surface area (Å²) in [4.78, 5) is 11.9. The van der Waals surface area contributed by atoms with Crippen molar-refractivity contribution in [1.82, 2.24) is 0 Å². The number of thiol groups is 1. The minimum absolute atomic E-state index is 0.305.